The number of morpholine rings is 1. The monoisotopic (exact) mass is 333 g/mol. The van der Waals surface area contributed by atoms with Crippen molar-refractivity contribution in [1.82, 2.24) is 14.3 Å². The smallest absolute Gasteiger partial charge is 0.246 e. The van der Waals surface area contributed by atoms with Crippen LogP contribution < -0.4 is 0 Å². The lowest BCUT2D eigenvalue weighted by Gasteiger charge is -2.41. The average molecular weight is 333 g/mol. The number of amides is 1. The van der Waals surface area contributed by atoms with Gasteiger partial charge in [0.05, 0.1) is 23.1 Å². The van der Waals surface area contributed by atoms with Crippen LogP contribution in [0.1, 0.15) is 37.0 Å². The van der Waals surface area contributed by atoms with E-state index in [-0.39, 0.29) is 17.6 Å². The van der Waals surface area contributed by atoms with E-state index in [0.717, 1.165) is 16.3 Å². The minimum atomic E-state index is -0.300. The molecule has 3 rings (SSSR count). The van der Waals surface area contributed by atoms with Gasteiger partial charge in [-0.1, -0.05) is 0 Å². The molecule has 23 heavy (non-hydrogen) atoms. The predicted molar refractivity (Wildman–Crippen MR) is 92.8 cm³/mol. The van der Waals surface area contributed by atoms with Gasteiger partial charge in [0.1, 0.15) is 0 Å². The molecule has 2 aromatic rings. The first-order chi connectivity index (χ1) is 10.7. The highest BCUT2D eigenvalue weighted by atomic mass is 32.1. The first-order valence-corrected chi connectivity index (χ1v) is 8.67. The number of carbonyl (C=O) groups excluding carboxylic acids is 1. The van der Waals surface area contributed by atoms with Crippen LogP contribution in [0.25, 0.3) is 11.0 Å². The maximum Gasteiger partial charge on any atom is 0.246 e. The molecule has 1 aliphatic rings. The molecular weight excluding hydrogens is 310 g/mol. The number of aryl methyl sites for hydroxylation is 2. The highest BCUT2D eigenvalue weighted by Crippen LogP contribution is 2.23. The van der Waals surface area contributed by atoms with E-state index in [1.54, 1.807) is 17.4 Å². The molecule has 5 nitrogen and oxygen atoms in total. The fourth-order valence-corrected chi connectivity index (χ4v) is 4.04. The second-order valence-corrected chi connectivity index (χ2v) is 8.03. The molecule has 1 atom stereocenters. The molecule has 1 amide bonds. The van der Waals surface area contributed by atoms with Gasteiger partial charge in [-0.25, -0.2) is 4.98 Å². The molecule has 0 radical (unpaired) electrons. The molecule has 0 spiro atoms. The van der Waals surface area contributed by atoms with Crippen LogP contribution >= 0.6 is 11.3 Å². The topological polar surface area (TPSA) is 46.8 Å². The molecule has 0 bridgehead atoms. The van der Waals surface area contributed by atoms with Gasteiger partial charge in [-0.05, 0) is 40.7 Å². The fraction of sp³-hybridized carbons (Fsp3) is 0.529. The standard InChI is InChI=1S/C17H23N3O2S/c1-11-8-19(10-17(4,5)22-11)15(21)7-6-14-13(3)18-16-20(14)9-12(2)23-16/h6-7,9,11H,8,10H2,1-5H3. The van der Waals surface area contributed by atoms with Crippen molar-refractivity contribution in [3.05, 3.63) is 28.5 Å². The number of ether oxygens (including phenoxy) is 1. The Kier molecular flexibility index (Phi) is 4.06. The number of nitrogens with zero attached hydrogens (tertiary/aromatic N) is 3. The van der Waals surface area contributed by atoms with Gasteiger partial charge in [0.25, 0.3) is 0 Å². The largest absolute Gasteiger partial charge is 0.369 e. The lowest BCUT2D eigenvalue weighted by atomic mass is 10.1. The lowest BCUT2D eigenvalue weighted by molar-refractivity contribution is -0.153. The zero-order valence-corrected chi connectivity index (χ0v) is 15.1. The Balaban J connectivity index is 1.81. The summed E-state index contributed by atoms with van der Waals surface area (Å²) in [5.41, 5.74) is 1.61. The van der Waals surface area contributed by atoms with Crippen molar-refractivity contribution in [2.24, 2.45) is 0 Å². The number of thiazole rings is 1. The molecule has 0 saturated carbocycles. The van der Waals surface area contributed by atoms with Gasteiger partial charge in [0.15, 0.2) is 4.96 Å². The van der Waals surface area contributed by atoms with Crippen molar-refractivity contribution in [1.29, 1.82) is 0 Å². The van der Waals surface area contributed by atoms with Crippen molar-refractivity contribution < 1.29 is 9.53 Å². The van der Waals surface area contributed by atoms with Gasteiger partial charge in [0, 0.05) is 30.2 Å². The van der Waals surface area contributed by atoms with Crippen LogP contribution in [0.15, 0.2) is 12.3 Å². The molecule has 1 fully saturated rings. The Morgan fingerprint density at radius 3 is 2.91 bits per heavy atom. The summed E-state index contributed by atoms with van der Waals surface area (Å²) in [7, 11) is 0. The first-order valence-electron chi connectivity index (χ1n) is 7.85. The van der Waals surface area contributed by atoms with E-state index in [0.29, 0.717) is 13.1 Å². The molecular formula is C17H23N3O2S. The molecule has 0 aromatic carbocycles. The SMILES string of the molecule is Cc1cn2c(C=CC(=O)N3CC(C)OC(C)(C)C3)c(C)nc2s1. The third-order valence-corrected chi connectivity index (χ3v) is 4.83. The van der Waals surface area contributed by atoms with Crippen molar-refractivity contribution in [3.63, 3.8) is 0 Å². The van der Waals surface area contributed by atoms with E-state index in [2.05, 4.69) is 18.1 Å². The van der Waals surface area contributed by atoms with E-state index in [1.807, 2.05) is 43.1 Å². The van der Waals surface area contributed by atoms with E-state index in [4.69, 9.17) is 4.74 Å². The molecule has 1 saturated heterocycles. The average Bonchev–Trinajstić information content (AvgIpc) is 2.89. The summed E-state index contributed by atoms with van der Waals surface area (Å²) >= 11 is 1.66. The van der Waals surface area contributed by atoms with Crippen molar-refractivity contribution in [3.8, 4) is 0 Å². The van der Waals surface area contributed by atoms with E-state index in [1.165, 1.54) is 4.88 Å². The van der Waals surface area contributed by atoms with Crippen LogP contribution in [0.4, 0.5) is 0 Å². The predicted octanol–water partition coefficient (Wildman–Crippen LogP) is 3.05. The Labute approximate surface area is 140 Å². The summed E-state index contributed by atoms with van der Waals surface area (Å²) in [5, 5.41) is 0. The number of aromatic nitrogens is 2. The summed E-state index contributed by atoms with van der Waals surface area (Å²) in [6.45, 7) is 11.3. The summed E-state index contributed by atoms with van der Waals surface area (Å²) in [5.74, 6) is 0.0227. The second kappa shape index (κ2) is 5.76. The molecule has 6 heteroatoms. The Hall–Kier alpha value is -1.66. The van der Waals surface area contributed by atoms with E-state index < -0.39 is 0 Å². The molecule has 2 aromatic heterocycles. The quantitative estimate of drug-likeness (QED) is 0.794. The van der Waals surface area contributed by atoms with Crippen LogP contribution in [0, 0.1) is 13.8 Å². The maximum absolute atomic E-state index is 12.5. The van der Waals surface area contributed by atoms with Gasteiger partial charge < -0.3 is 9.64 Å². The summed E-state index contributed by atoms with van der Waals surface area (Å²) in [4.78, 5) is 21.1. The van der Waals surface area contributed by atoms with Crippen molar-refractivity contribution in [2.75, 3.05) is 13.1 Å². The Morgan fingerprint density at radius 2 is 2.22 bits per heavy atom. The van der Waals surface area contributed by atoms with Crippen molar-refractivity contribution >= 4 is 28.3 Å². The van der Waals surface area contributed by atoms with E-state index in [9.17, 15) is 4.79 Å². The molecule has 0 aliphatic carbocycles. The van der Waals surface area contributed by atoms with Crippen LogP contribution in [0.3, 0.4) is 0 Å². The lowest BCUT2D eigenvalue weighted by Crippen LogP contribution is -2.53. The fourth-order valence-electron chi connectivity index (χ4n) is 3.16. The summed E-state index contributed by atoms with van der Waals surface area (Å²) < 4.78 is 7.90. The third-order valence-electron chi connectivity index (χ3n) is 3.93. The first kappa shape index (κ1) is 16.2. The molecule has 124 valence electrons. The van der Waals surface area contributed by atoms with Gasteiger partial charge in [0.2, 0.25) is 5.91 Å². The van der Waals surface area contributed by atoms with Gasteiger partial charge >= 0.3 is 0 Å². The molecule has 0 N–H and O–H groups in total. The number of fused-ring (bicyclic) bond motifs is 1. The Morgan fingerprint density at radius 1 is 1.48 bits per heavy atom. The minimum Gasteiger partial charge on any atom is -0.369 e. The van der Waals surface area contributed by atoms with Gasteiger partial charge in [-0.3, -0.25) is 9.20 Å². The number of rotatable bonds is 2. The Bertz CT molecular complexity index is 772. The second-order valence-electron chi connectivity index (χ2n) is 6.82. The zero-order chi connectivity index (χ0) is 16.8. The number of hydrogen-bond acceptors (Lipinski definition) is 4. The highest BCUT2D eigenvalue weighted by molar-refractivity contribution is 7.17. The normalized spacial score (nSPS) is 21.4. The molecule has 1 aliphatic heterocycles. The number of hydrogen-bond donors (Lipinski definition) is 0. The van der Waals surface area contributed by atoms with E-state index >= 15 is 0 Å². The maximum atomic E-state index is 12.5. The minimum absolute atomic E-state index is 0.0227. The number of imidazole rings is 1. The highest BCUT2D eigenvalue weighted by Gasteiger charge is 2.32. The van der Waals surface area contributed by atoms with Crippen LogP contribution in [0.2, 0.25) is 0 Å². The van der Waals surface area contributed by atoms with Gasteiger partial charge in [-0.15, -0.1) is 11.3 Å². The third kappa shape index (κ3) is 3.33. The molecule has 3 heterocycles. The van der Waals surface area contributed by atoms with Crippen LogP contribution in [0.5, 0.6) is 0 Å². The van der Waals surface area contributed by atoms with Crippen LogP contribution in [-0.4, -0.2) is 45.0 Å². The summed E-state index contributed by atoms with van der Waals surface area (Å²) in [6.07, 6.45) is 5.64. The van der Waals surface area contributed by atoms with Crippen molar-refractivity contribution in [2.45, 2.75) is 46.3 Å². The number of carbonyl (C=O) groups is 1. The zero-order valence-electron chi connectivity index (χ0n) is 14.3. The van der Waals surface area contributed by atoms with Crippen LogP contribution in [-0.2, 0) is 9.53 Å². The molecule has 1 unspecified atom stereocenters. The van der Waals surface area contributed by atoms with Gasteiger partial charge in [-0.2, -0.15) is 0 Å². The summed E-state index contributed by atoms with van der Waals surface area (Å²) in [6, 6.07) is 0.